The summed E-state index contributed by atoms with van der Waals surface area (Å²) in [5, 5.41) is 5.34. The zero-order chi connectivity index (χ0) is 20.0. The lowest BCUT2D eigenvalue weighted by molar-refractivity contribution is -0.121. The quantitative estimate of drug-likeness (QED) is 0.672. The zero-order valence-electron chi connectivity index (χ0n) is 14.9. The molecule has 2 rings (SSSR count). The van der Waals surface area contributed by atoms with Crippen LogP contribution < -0.4 is 10.6 Å². The average molecular weight is 454 g/mol. The lowest BCUT2D eigenvalue weighted by atomic mass is 10.2. The lowest BCUT2D eigenvalue weighted by Crippen LogP contribution is -2.38. The van der Waals surface area contributed by atoms with E-state index in [9.17, 15) is 18.0 Å². The Kier molecular flexibility index (Phi) is 7.11. The first kappa shape index (κ1) is 21.1. The molecule has 9 heteroatoms. The van der Waals surface area contributed by atoms with Gasteiger partial charge < -0.3 is 10.6 Å². The van der Waals surface area contributed by atoms with Crippen LogP contribution in [0.25, 0.3) is 0 Å². The van der Waals surface area contributed by atoms with E-state index in [1.807, 2.05) is 0 Å². The van der Waals surface area contributed by atoms with E-state index in [-0.39, 0.29) is 23.9 Å². The molecule has 7 nitrogen and oxygen atoms in total. The summed E-state index contributed by atoms with van der Waals surface area (Å²) in [6, 6.07) is 13.2. The monoisotopic (exact) mass is 453 g/mol. The second kappa shape index (κ2) is 9.12. The fourth-order valence-electron chi connectivity index (χ4n) is 2.29. The molecule has 144 valence electrons. The van der Waals surface area contributed by atoms with Crippen molar-refractivity contribution in [2.24, 2.45) is 0 Å². The minimum atomic E-state index is -3.75. The van der Waals surface area contributed by atoms with Crippen molar-refractivity contribution in [2.75, 3.05) is 18.9 Å². The van der Waals surface area contributed by atoms with Gasteiger partial charge in [0.25, 0.3) is 0 Å². The fraction of sp³-hybridized carbons (Fsp3) is 0.222. The normalized spacial score (nSPS) is 11.3. The van der Waals surface area contributed by atoms with Gasteiger partial charge in [-0.05, 0) is 42.0 Å². The number of likely N-dealkylation sites (N-methyl/N-ethyl adjacent to an activating group) is 1. The Morgan fingerprint density at radius 1 is 1.11 bits per heavy atom. The first-order valence-corrected chi connectivity index (χ1v) is 10.3. The van der Waals surface area contributed by atoms with Crippen LogP contribution in [0.4, 0.5) is 5.69 Å². The molecule has 0 saturated heterocycles. The van der Waals surface area contributed by atoms with Crippen molar-refractivity contribution in [1.82, 2.24) is 9.62 Å². The molecule has 0 saturated carbocycles. The molecule has 27 heavy (non-hydrogen) atoms. The summed E-state index contributed by atoms with van der Waals surface area (Å²) in [5.41, 5.74) is 1.41. The van der Waals surface area contributed by atoms with E-state index in [1.54, 1.807) is 36.4 Å². The summed E-state index contributed by atoms with van der Waals surface area (Å²) in [7, 11) is -2.39. The van der Waals surface area contributed by atoms with Crippen LogP contribution >= 0.6 is 15.9 Å². The zero-order valence-corrected chi connectivity index (χ0v) is 17.3. The highest BCUT2D eigenvalue weighted by Crippen LogP contribution is 2.17. The highest BCUT2D eigenvalue weighted by Gasteiger charge is 2.22. The SMILES string of the molecule is CC(=O)Nc1cccc(CNC(=O)CN(C)S(=O)(=O)c2ccc(Br)cc2)c1. The van der Waals surface area contributed by atoms with Gasteiger partial charge in [-0.25, -0.2) is 8.42 Å². The van der Waals surface area contributed by atoms with Crippen molar-refractivity contribution in [3.05, 3.63) is 58.6 Å². The molecule has 0 spiro atoms. The van der Waals surface area contributed by atoms with E-state index >= 15 is 0 Å². The summed E-state index contributed by atoms with van der Waals surface area (Å²) in [6.07, 6.45) is 0. The maximum absolute atomic E-state index is 12.5. The number of nitrogens with one attached hydrogen (secondary N) is 2. The number of sulfonamides is 1. The molecule has 0 bridgehead atoms. The van der Waals surface area contributed by atoms with Gasteiger partial charge in [0.2, 0.25) is 21.8 Å². The van der Waals surface area contributed by atoms with Crippen molar-refractivity contribution in [3.8, 4) is 0 Å². The van der Waals surface area contributed by atoms with Crippen molar-refractivity contribution in [2.45, 2.75) is 18.4 Å². The number of carbonyl (C=O) groups is 2. The summed E-state index contributed by atoms with van der Waals surface area (Å²) >= 11 is 3.25. The molecule has 0 aliphatic rings. The van der Waals surface area contributed by atoms with Crippen molar-refractivity contribution < 1.29 is 18.0 Å². The number of halogens is 1. The minimum absolute atomic E-state index is 0.115. The molecule has 0 aliphatic heterocycles. The molecular formula is C18H20BrN3O4S. The van der Waals surface area contributed by atoms with E-state index in [4.69, 9.17) is 0 Å². The number of amides is 2. The highest BCUT2D eigenvalue weighted by atomic mass is 79.9. The average Bonchev–Trinajstić information content (AvgIpc) is 2.60. The Bertz CT molecular complexity index is 930. The molecule has 0 atom stereocenters. The molecule has 0 unspecified atom stereocenters. The predicted molar refractivity (Wildman–Crippen MR) is 107 cm³/mol. The van der Waals surface area contributed by atoms with Gasteiger partial charge in [0.15, 0.2) is 0 Å². The van der Waals surface area contributed by atoms with Crippen molar-refractivity contribution >= 4 is 43.5 Å². The molecule has 2 aromatic rings. The van der Waals surface area contributed by atoms with Gasteiger partial charge in [-0.2, -0.15) is 4.31 Å². The second-order valence-electron chi connectivity index (χ2n) is 5.87. The Morgan fingerprint density at radius 2 is 1.78 bits per heavy atom. The number of hydrogen-bond donors (Lipinski definition) is 2. The van der Waals surface area contributed by atoms with Gasteiger partial charge in [0.05, 0.1) is 11.4 Å². The molecule has 0 heterocycles. The minimum Gasteiger partial charge on any atom is -0.351 e. The molecular weight excluding hydrogens is 434 g/mol. The van der Waals surface area contributed by atoms with Crippen molar-refractivity contribution in [1.29, 1.82) is 0 Å². The molecule has 2 aromatic carbocycles. The molecule has 2 amide bonds. The van der Waals surface area contributed by atoms with Gasteiger partial charge in [-0.15, -0.1) is 0 Å². The van der Waals surface area contributed by atoms with Crippen LogP contribution in [-0.2, 0) is 26.2 Å². The predicted octanol–water partition coefficient (Wildman–Crippen LogP) is 2.34. The Balaban J connectivity index is 1.95. The largest absolute Gasteiger partial charge is 0.351 e. The van der Waals surface area contributed by atoms with Crippen LogP contribution in [0, 0.1) is 0 Å². The summed E-state index contributed by atoms with van der Waals surface area (Å²) in [4.78, 5) is 23.3. The first-order chi connectivity index (χ1) is 12.7. The van der Waals surface area contributed by atoms with E-state index in [0.717, 1.165) is 14.3 Å². The topological polar surface area (TPSA) is 95.6 Å². The molecule has 0 fully saturated rings. The fourth-order valence-corrected chi connectivity index (χ4v) is 3.68. The van der Waals surface area contributed by atoms with Crippen LogP contribution in [0.3, 0.4) is 0 Å². The smallest absolute Gasteiger partial charge is 0.243 e. The molecule has 0 aliphatic carbocycles. The maximum atomic E-state index is 12.5. The Hall–Kier alpha value is -2.23. The molecule has 0 radical (unpaired) electrons. The van der Waals surface area contributed by atoms with Crippen LogP contribution in [0.1, 0.15) is 12.5 Å². The van der Waals surface area contributed by atoms with Gasteiger partial charge in [0, 0.05) is 30.7 Å². The number of nitrogens with zero attached hydrogens (tertiary/aromatic N) is 1. The summed E-state index contributed by atoms with van der Waals surface area (Å²) in [5.74, 6) is -0.612. The first-order valence-electron chi connectivity index (χ1n) is 8.03. The van der Waals surface area contributed by atoms with E-state index in [2.05, 4.69) is 26.6 Å². The van der Waals surface area contributed by atoms with Gasteiger partial charge in [-0.3, -0.25) is 9.59 Å². The molecule has 2 N–H and O–H groups in total. The Morgan fingerprint density at radius 3 is 2.41 bits per heavy atom. The Labute approximate surface area is 166 Å². The maximum Gasteiger partial charge on any atom is 0.243 e. The van der Waals surface area contributed by atoms with E-state index < -0.39 is 15.9 Å². The van der Waals surface area contributed by atoms with Crippen LogP contribution in [0.5, 0.6) is 0 Å². The summed E-state index contributed by atoms with van der Waals surface area (Å²) < 4.78 is 26.7. The number of hydrogen-bond acceptors (Lipinski definition) is 4. The van der Waals surface area contributed by atoms with Gasteiger partial charge >= 0.3 is 0 Å². The third-order valence-corrected chi connectivity index (χ3v) is 5.97. The standard InChI is InChI=1S/C18H20BrN3O4S/c1-13(23)21-16-5-3-4-14(10-16)11-20-18(24)12-22(2)27(25,26)17-8-6-15(19)7-9-17/h3-10H,11-12H2,1-2H3,(H,20,24)(H,21,23). The van der Waals surface area contributed by atoms with Crippen LogP contribution in [-0.4, -0.2) is 38.1 Å². The van der Waals surface area contributed by atoms with Crippen molar-refractivity contribution in [3.63, 3.8) is 0 Å². The third-order valence-electron chi connectivity index (χ3n) is 3.63. The number of benzene rings is 2. The van der Waals surface area contributed by atoms with Crippen LogP contribution in [0.15, 0.2) is 57.9 Å². The number of rotatable bonds is 7. The van der Waals surface area contributed by atoms with E-state index in [0.29, 0.717) is 5.69 Å². The molecule has 0 aromatic heterocycles. The number of anilines is 1. The summed E-state index contributed by atoms with van der Waals surface area (Å²) in [6.45, 7) is 1.33. The van der Waals surface area contributed by atoms with Crippen LogP contribution in [0.2, 0.25) is 0 Å². The van der Waals surface area contributed by atoms with Gasteiger partial charge in [-0.1, -0.05) is 28.1 Å². The third kappa shape index (κ3) is 6.16. The second-order valence-corrected chi connectivity index (χ2v) is 8.83. The van der Waals surface area contributed by atoms with E-state index in [1.165, 1.54) is 26.1 Å². The van der Waals surface area contributed by atoms with Gasteiger partial charge in [0.1, 0.15) is 0 Å². The number of carbonyl (C=O) groups excluding carboxylic acids is 2. The highest BCUT2D eigenvalue weighted by molar-refractivity contribution is 9.10. The lowest BCUT2D eigenvalue weighted by Gasteiger charge is -2.17.